The molecule has 1 aromatic carbocycles. The Morgan fingerprint density at radius 1 is 1.26 bits per heavy atom. The number of methoxy groups -OCH3 is 1. The van der Waals surface area contributed by atoms with E-state index in [4.69, 9.17) is 23.4 Å². The monoisotopic (exact) mass is 394 g/mol. The van der Waals surface area contributed by atoms with Gasteiger partial charge < -0.3 is 23.4 Å². The Hall–Kier alpha value is -1.25. The molecule has 7 heteroatoms. The molecule has 2 fully saturated rings. The molecule has 2 saturated heterocycles. The van der Waals surface area contributed by atoms with E-state index in [1.807, 2.05) is 18.2 Å². The van der Waals surface area contributed by atoms with E-state index >= 15 is 0 Å². The molecule has 3 rings (SSSR count). The van der Waals surface area contributed by atoms with E-state index in [0.29, 0.717) is 12.2 Å². The highest BCUT2D eigenvalue weighted by atomic mass is 28.4. The maximum Gasteiger partial charge on any atom is 0.338 e. The zero-order valence-electron chi connectivity index (χ0n) is 17.0. The summed E-state index contributed by atoms with van der Waals surface area (Å²) in [6.07, 6.45) is -1.44. The third-order valence-electron chi connectivity index (χ3n) is 5.99. The second kappa shape index (κ2) is 7.29. The van der Waals surface area contributed by atoms with E-state index in [1.54, 1.807) is 19.2 Å². The first-order chi connectivity index (χ1) is 12.6. The molecule has 0 spiro atoms. The Balaban J connectivity index is 1.77. The van der Waals surface area contributed by atoms with Gasteiger partial charge >= 0.3 is 5.97 Å². The lowest BCUT2D eigenvalue weighted by atomic mass is 9.88. The van der Waals surface area contributed by atoms with Gasteiger partial charge in [0, 0.05) is 7.11 Å². The van der Waals surface area contributed by atoms with Gasteiger partial charge in [-0.1, -0.05) is 39.0 Å². The van der Waals surface area contributed by atoms with E-state index in [2.05, 4.69) is 33.9 Å². The van der Waals surface area contributed by atoms with Crippen LogP contribution in [-0.4, -0.2) is 58.7 Å². The van der Waals surface area contributed by atoms with Crippen molar-refractivity contribution in [3.63, 3.8) is 0 Å². The topological polar surface area (TPSA) is 63.2 Å². The highest BCUT2D eigenvalue weighted by Gasteiger charge is 2.67. The smallest absolute Gasteiger partial charge is 0.338 e. The van der Waals surface area contributed by atoms with Crippen molar-refractivity contribution in [1.82, 2.24) is 0 Å². The summed E-state index contributed by atoms with van der Waals surface area (Å²) < 4.78 is 29.4. The number of ether oxygens (including phenoxy) is 4. The molecule has 27 heavy (non-hydrogen) atoms. The van der Waals surface area contributed by atoms with Gasteiger partial charge in [0.2, 0.25) is 0 Å². The summed E-state index contributed by atoms with van der Waals surface area (Å²) in [6, 6.07) is 8.95. The maximum absolute atomic E-state index is 12.7. The summed E-state index contributed by atoms with van der Waals surface area (Å²) in [5.74, 6) is -0.387. The fourth-order valence-corrected chi connectivity index (χ4v) is 4.10. The third-order valence-corrected chi connectivity index (χ3v) is 10.5. The van der Waals surface area contributed by atoms with Crippen LogP contribution < -0.4 is 0 Å². The predicted octanol–water partition coefficient (Wildman–Crippen LogP) is 3.37. The molecule has 2 heterocycles. The summed E-state index contributed by atoms with van der Waals surface area (Å²) in [5, 5.41) is 0.0790. The Kier molecular flexibility index (Phi) is 5.53. The van der Waals surface area contributed by atoms with Gasteiger partial charge in [0.05, 0.1) is 18.8 Å². The Morgan fingerprint density at radius 3 is 2.44 bits per heavy atom. The molecule has 0 unspecified atom stereocenters. The first-order valence-electron chi connectivity index (χ1n) is 9.33. The zero-order chi connectivity index (χ0) is 19.9. The lowest BCUT2D eigenvalue weighted by Gasteiger charge is -2.46. The number of benzene rings is 1. The van der Waals surface area contributed by atoms with E-state index in [1.165, 1.54) is 0 Å². The fourth-order valence-electron chi connectivity index (χ4n) is 3.10. The van der Waals surface area contributed by atoms with Crippen LogP contribution in [0, 0.1) is 0 Å². The molecule has 0 bridgehead atoms. The zero-order valence-corrected chi connectivity index (χ0v) is 18.0. The molecule has 0 N–H and O–H groups in total. The molecule has 0 aromatic heterocycles. The van der Waals surface area contributed by atoms with Crippen LogP contribution in [0.4, 0.5) is 0 Å². The second-order valence-corrected chi connectivity index (χ2v) is 13.6. The van der Waals surface area contributed by atoms with Crippen LogP contribution in [0.25, 0.3) is 0 Å². The quantitative estimate of drug-likeness (QED) is 0.544. The Bertz CT molecular complexity index is 671. The van der Waals surface area contributed by atoms with Crippen molar-refractivity contribution >= 4 is 14.3 Å². The lowest BCUT2D eigenvalue weighted by molar-refractivity contribution is -0.249. The van der Waals surface area contributed by atoms with Crippen molar-refractivity contribution in [3.05, 3.63) is 35.9 Å². The molecule has 0 amide bonds. The SMILES string of the molecule is CO[C@H]1O[C@H](CO[Si](C)(C)C(C)(C)C)[C@@]2(OC(=O)c3ccccc3)CO[C@@H]12. The standard InChI is InChI=1S/C20H30O6Si/c1-19(2,3)27(5,6)24-12-15-20(13-23-16(20)18(22-4)25-15)26-17(21)14-10-8-7-9-11-14/h7-11,15-16,18H,12-13H2,1-6H3/t15-,16+,18+,20+/m1/s1. The molecule has 2 aliphatic heterocycles. The molecule has 0 radical (unpaired) electrons. The van der Waals surface area contributed by atoms with Gasteiger partial charge in [-0.25, -0.2) is 4.79 Å². The van der Waals surface area contributed by atoms with Gasteiger partial charge in [-0.2, -0.15) is 0 Å². The van der Waals surface area contributed by atoms with Crippen LogP contribution in [-0.2, 0) is 23.4 Å². The number of rotatable bonds is 6. The van der Waals surface area contributed by atoms with Crippen molar-refractivity contribution in [3.8, 4) is 0 Å². The van der Waals surface area contributed by atoms with E-state index < -0.39 is 32.4 Å². The van der Waals surface area contributed by atoms with Gasteiger partial charge in [0.25, 0.3) is 0 Å². The molecule has 6 nitrogen and oxygen atoms in total. The van der Waals surface area contributed by atoms with E-state index in [0.717, 1.165) is 0 Å². The summed E-state index contributed by atoms with van der Waals surface area (Å²) in [4.78, 5) is 12.7. The minimum Gasteiger partial charge on any atom is -0.447 e. The minimum absolute atomic E-state index is 0.0790. The predicted molar refractivity (Wildman–Crippen MR) is 103 cm³/mol. The Morgan fingerprint density at radius 2 is 1.93 bits per heavy atom. The molecule has 1 aromatic rings. The van der Waals surface area contributed by atoms with E-state index in [9.17, 15) is 4.79 Å². The number of esters is 1. The summed E-state index contributed by atoms with van der Waals surface area (Å²) in [5.41, 5.74) is -0.377. The molecule has 4 atom stereocenters. The largest absolute Gasteiger partial charge is 0.447 e. The summed E-state index contributed by atoms with van der Waals surface area (Å²) in [6.45, 7) is 11.6. The van der Waals surface area contributed by atoms with Crippen molar-refractivity contribution in [1.29, 1.82) is 0 Å². The Labute approximate surface area is 162 Å². The number of carbonyl (C=O) groups excluding carboxylic acids is 1. The molecule has 150 valence electrons. The fraction of sp³-hybridized carbons (Fsp3) is 0.650. The van der Waals surface area contributed by atoms with Gasteiger partial charge in [0.1, 0.15) is 6.10 Å². The van der Waals surface area contributed by atoms with Crippen LogP contribution in [0.15, 0.2) is 30.3 Å². The summed E-state index contributed by atoms with van der Waals surface area (Å²) in [7, 11) is -0.408. The highest BCUT2D eigenvalue weighted by Crippen LogP contribution is 2.46. The number of hydrogen-bond acceptors (Lipinski definition) is 6. The van der Waals surface area contributed by atoms with Crippen molar-refractivity contribution < 1.29 is 28.2 Å². The molecule has 2 aliphatic rings. The molecule has 0 saturated carbocycles. The van der Waals surface area contributed by atoms with Crippen LogP contribution in [0.3, 0.4) is 0 Å². The van der Waals surface area contributed by atoms with Crippen LogP contribution >= 0.6 is 0 Å². The lowest BCUT2D eigenvalue weighted by Crippen LogP contribution is -2.66. The number of fused-ring (bicyclic) bond motifs is 1. The normalized spacial score (nSPS) is 30.5. The van der Waals surface area contributed by atoms with Gasteiger partial charge in [0.15, 0.2) is 26.3 Å². The minimum atomic E-state index is -1.97. The van der Waals surface area contributed by atoms with Crippen molar-refractivity contribution in [2.24, 2.45) is 0 Å². The van der Waals surface area contributed by atoms with Gasteiger partial charge in [-0.15, -0.1) is 0 Å². The maximum atomic E-state index is 12.7. The second-order valence-electron chi connectivity index (χ2n) is 8.74. The van der Waals surface area contributed by atoms with E-state index in [-0.39, 0.29) is 17.6 Å². The first-order valence-corrected chi connectivity index (χ1v) is 12.2. The summed E-state index contributed by atoms with van der Waals surface area (Å²) >= 11 is 0. The average Bonchev–Trinajstić information content (AvgIpc) is 2.80. The molecule has 0 aliphatic carbocycles. The highest BCUT2D eigenvalue weighted by molar-refractivity contribution is 6.74. The third kappa shape index (κ3) is 3.71. The van der Waals surface area contributed by atoms with Crippen LogP contribution in [0.2, 0.25) is 18.1 Å². The average molecular weight is 395 g/mol. The van der Waals surface area contributed by atoms with Crippen LogP contribution in [0.5, 0.6) is 0 Å². The van der Waals surface area contributed by atoms with Crippen molar-refractivity contribution in [2.75, 3.05) is 20.3 Å². The number of hydrogen-bond donors (Lipinski definition) is 0. The van der Waals surface area contributed by atoms with Gasteiger partial charge in [-0.05, 0) is 30.3 Å². The van der Waals surface area contributed by atoms with Gasteiger partial charge in [-0.3, -0.25) is 0 Å². The molecular formula is C20H30O6Si. The first kappa shape index (κ1) is 20.5. The number of carbonyl (C=O) groups is 1. The van der Waals surface area contributed by atoms with Crippen molar-refractivity contribution in [2.45, 2.75) is 63.0 Å². The van der Waals surface area contributed by atoms with Crippen LogP contribution in [0.1, 0.15) is 31.1 Å². The molecular weight excluding hydrogens is 364 g/mol.